The zero-order valence-corrected chi connectivity index (χ0v) is 13.8. The van der Waals surface area contributed by atoms with Crippen molar-refractivity contribution in [2.75, 3.05) is 19.6 Å². The maximum atomic E-state index is 13.4. The second-order valence-electron chi connectivity index (χ2n) is 5.68. The van der Waals surface area contributed by atoms with Crippen LogP contribution in [0.4, 0.5) is 4.39 Å². The number of piperidine rings is 1. The molecule has 0 radical (unpaired) electrons. The molecular formula is C15H21FN2O4S. The number of carboxylic acid groups (broad SMARTS) is 1. The summed E-state index contributed by atoms with van der Waals surface area (Å²) in [5.41, 5.74) is -0.648. The van der Waals surface area contributed by atoms with Crippen molar-refractivity contribution < 1.29 is 22.7 Å². The second kappa shape index (κ2) is 7.37. The number of carboxylic acids is 1. The van der Waals surface area contributed by atoms with Gasteiger partial charge in [-0.05, 0) is 57.1 Å². The quantitative estimate of drug-likeness (QED) is 0.820. The fourth-order valence-corrected chi connectivity index (χ4v) is 4.04. The van der Waals surface area contributed by atoms with Crippen LogP contribution in [-0.2, 0) is 10.0 Å². The predicted molar refractivity (Wildman–Crippen MR) is 83.4 cm³/mol. The minimum atomic E-state index is -3.86. The summed E-state index contributed by atoms with van der Waals surface area (Å²) < 4.78 is 40.7. The van der Waals surface area contributed by atoms with Gasteiger partial charge in [-0.1, -0.05) is 6.92 Å². The summed E-state index contributed by atoms with van der Waals surface area (Å²) >= 11 is 0. The van der Waals surface area contributed by atoms with Gasteiger partial charge in [-0.3, -0.25) is 0 Å². The highest BCUT2D eigenvalue weighted by molar-refractivity contribution is 7.89. The van der Waals surface area contributed by atoms with E-state index in [1.165, 1.54) is 0 Å². The first kappa shape index (κ1) is 17.8. The van der Waals surface area contributed by atoms with Crippen LogP contribution >= 0.6 is 0 Å². The van der Waals surface area contributed by atoms with E-state index in [9.17, 15) is 17.6 Å². The molecule has 1 aromatic carbocycles. The summed E-state index contributed by atoms with van der Waals surface area (Å²) in [5.74, 6) is -2.45. The molecule has 6 nitrogen and oxygen atoms in total. The molecule has 1 aliphatic heterocycles. The Balaban J connectivity index is 2.08. The lowest BCUT2D eigenvalue weighted by Gasteiger charge is -2.31. The number of sulfonamides is 1. The van der Waals surface area contributed by atoms with Gasteiger partial charge in [0.25, 0.3) is 0 Å². The van der Waals surface area contributed by atoms with Crippen molar-refractivity contribution in [2.24, 2.45) is 0 Å². The van der Waals surface area contributed by atoms with Crippen LogP contribution in [0.3, 0.4) is 0 Å². The molecule has 1 saturated heterocycles. The molecule has 0 amide bonds. The number of carbonyl (C=O) groups is 1. The van der Waals surface area contributed by atoms with E-state index in [-0.39, 0.29) is 10.9 Å². The molecule has 23 heavy (non-hydrogen) atoms. The number of benzene rings is 1. The average Bonchev–Trinajstić information content (AvgIpc) is 2.49. The monoisotopic (exact) mass is 344 g/mol. The summed E-state index contributed by atoms with van der Waals surface area (Å²) in [6.45, 7) is 4.75. The highest BCUT2D eigenvalue weighted by Gasteiger charge is 2.25. The summed E-state index contributed by atoms with van der Waals surface area (Å²) in [6.07, 6.45) is 2.46. The van der Waals surface area contributed by atoms with Crippen molar-refractivity contribution in [1.82, 2.24) is 9.62 Å². The molecule has 0 unspecified atom stereocenters. The van der Waals surface area contributed by atoms with E-state index in [2.05, 4.69) is 16.5 Å². The van der Waals surface area contributed by atoms with E-state index in [4.69, 9.17) is 5.11 Å². The number of nitrogens with one attached hydrogen (secondary N) is 1. The lowest BCUT2D eigenvalue weighted by molar-refractivity contribution is 0.0691. The van der Waals surface area contributed by atoms with Crippen molar-refractivity contribution in [1.29, 1.82) is 0 Å². The van der Waals surface area contributed by atoms with Gasteiger partial charge in [0.2, 0.25) is 10.0 Å². The zero-order chi connectivity index (χ0) is 17.0. The molecule has 2 rings (SSSR count). The van der Waals surface area contributed by atoms with Crippen LogP contribution in [0.1, 0.15) is 36.5 Å². The van der Waals surface area contributed by atoms with Gasteiger partial charge in [0, 0.05) is 6.04 Å². The van der Waals surface area contributed by atoms with E-state index < -0.39 is 27.4 Å². The minimum Gasteiger partial charge on any atom is -0.478 e. The Hall–Kier alpha value is -1.51. The molecule has 2 N–H and O–H groups in total. The minimum absolute atomic E-state index is 0.188. The third-order valence-electron chi connectivity index (χ3n) is 3.93. The lowest BCUT2D eigenvalue weighted by atomic mass is 10.1. The topological polar surface area (TPSA) is 86.7 Å². The first-order chi connectivity index (χ1) is 10.8. The summed E-state index contributed by atoms with van der Waals surface area (Å²) in [7, 11) is -3.86. The molecular weight excluding hydrogens is 323 g/mol. The van der Waals surface area contributed by atoms with Crippen molar-refractivity contribution in [2.45, 2.75) is 37.1 Å². The fourth-order valence-electron chi connectivity index (χ4n) is 2.71. The Morgan fingerprint density at radius 3 is 2.61 bits per heavy atom. The zero-order valence-electron chi connectivity index (χ0n) is 13.0. The average molecular weight is 344 g/mol. The second-order valence-corrected chi connectivity index (χ2v) is 7.40. The van der Waals surface area contributed by atoms with E-state index >= 15 is 0 Å². The number of hydrogen-bond acceptors (Lipinski definition) is 4. The van der Waals surface area contributed by atoms with Crippen LogP contribution in [0.2, 0.25) is 0 Å². The highest BCUT2D eigenvalue weighted by Crippen LogP contribution is 2.18. The fraction of sp³-hybridized carbons (Fsp3) is 0.533. The predicted octanol–water partition coefficient (Wildman–Crippen LogP) is 1.68. The Labute approximate surface area is 135 Å². The highest BCUT2D eigenvalue weighted by atomic mass is 32.2. The van der Waals surface area contributed by atoms with Crippen LogP contribution < -0.4 is 4.72 Å². The van der Waals surface area contributed by atoms with Gasteiger partial charge in [0.1, 0.15) is 5.82 Å². The molecule has 1 aliphatic rings. The Kier molecular flexibility index (Phi) is 5.72. The molecule has 8 heteroatoms. The smallest absolute Gasteiger partial charge is 0.338 e. The van der Waals surface area contributed by atoms with E-state index in [1.807, 2.05) is 0 Å². The van der Waals surface area contributed by atoms with Gasteiger partial charge in [-0.15, -0.1) is 0 Å². The molecule has 0 atom stereocenters. The number of rotatable bonds is 6. The van der Waals surface area contributed by atoms with Crippen LogP contribution in [-0.4, -0.2) is 50.1 Å². The van der Waals surface area contributed by atoms with Crippen molar-refractivity contribution in [3.8, 4) is 0 Å². The van der Waals surface area contributed by atoms with Crippen molar-refractivity contribution in [3.05, 3.63) is 29.6 Å². The molecule has 0 saturated carbocycles. The SMILES string of the molecule is CCCN1CCC(NS(=O)(=O)c2ccc(F)c(C(=O)O)c2)CC1. The summed E-state index contributed by atoms with van der Waals surface area (Å²) in [5, 5.41) is 8.90. The van der Waals surface area contributed by atoms with Crippen LogP contribution in [0, 0.1) is 5.82 Å². The van der Waals surface area contributed by atoms with Crippen molar-refractivity contribution in [3.63, 3.8) is 0 Å². The van der Waals surface area contributed by atoms with Gasteiger partial charge in [0.05, 0.1) is 10.5 Å². The van der Waals surface area contributed by atoms with Gasteiger partial charge >= 0.3 is 5.97 Å². The van der Waals surface area contributed by atoms with Crippen LogP contribution in [0.15, 0.2) is 23.1 Å². The summed E-state index contributed by atoms with van der Waals surface area (Å²) in [6, 6.07) is 2.61. The van der Waals surface area contributed by atoms with Crippen LogP contribution in [0.5, 0.6) is 0 Å². The van der Waals surface area contributed by atoms with Gasteiger partial charge < -0.3 is 10.0 Å². The number of halogens is 1. The van der Waals surface area contributed by atoms with E-state index in [0.29, 0.717) is 12.8 Å². The summed E-state index contributed by atoms with van der Waals surface area (Å²) in [4.78, 5) is 13.0. The van der Waals surface area contributed by atoms with Gasteiger partial charge in [0.15, 0.2) is 0 Å². The standard InChI is InChI=1S/C15H21FN2O4S/c1-2-7-18-8-5-11(6-9-18)17-23(21,22)12-3-4-14(16)13(10-12)15(19)20/h3-4,10-11,17H,2,5-9H2,1H3,(H,19,20). The largest absolute Gasteiger partial charge is 0.478 e. The van der Waals surface area contributed by atoms with E-state index in [1.54, 1.807) is 0 Å². The van der Waals surface area contributed by atoms with Gasteiger partial charge in [-0.2, -0.15) is 0 Å². The Bertz CT molecular complexity index is 670. The molecule has 0 aliphatic carbocycles. The molecule has 128 valence electrons. The molecule has 0 spiro atoms. The Morgan fingerprint density at radius 1 is 1.39 bits per heavy atom. The molecule has 0 bridgehead atoms. The third-order valence-corrected chi connectivity index (χ3v) is 5.45. The number of hydrogen-bond donors (Lipinski definition) is 2. The maximum Gasteiger partial charge on any atom is 0.338 e. The maximum absolute atomic E-state index is 13.4. The Morgan fingerprint density at radius 2 is 2.04 bits per heavy atom. The third kappa shape index (κ3) is 4.49. The molecule has 0 aromatic heterocycles. The normalized spacial score (nSPS) is 17.3. The van der Waals surface area contributed by atoms with Gasteiger partial charge in [-0.25, -0.2) is 22.3 Å². The molecule has 1 fully saturated rings. The number of aromatic carboxylic acids is 1. The lowest BCUT2D eigenvalue weighted by Crippen LogP contribution is -2.44. The van der Waals surface area contributed by atoms with Crippen molar-refractivity contribution >= 4 is 16.0 Å². The number of likely N-dealkylation sites (tertiary alicyclic amines) is 1. The van der Waals surface area contributed by atoms with Crippen LogP contribution in [0.25, 0.3) is 0 Å². The van der Waals surface area contributed by atoms with E-state index in [0.717, 1.165) is 44.3 Å². The molecule has 1 aromatic rings. The molecule has 1 heterocycles. The first-order valence-electron chi connectivity index (χ1n) is 7.61. The number of nitrogens with zero attached hydrogens (tertiary/aromatic N) is 1. The first-order valence-corrected chi connectivity index (χ1v) is 9.09.